The van der Waals surface area contributed by atoms with Crippen molar-refractivity contribution in [3.8, 4) is 0 Å². The van der Waals surface area contributed by atoms with Crippen molar-refractivity contribution in [1.29, 1.82) is 0 Å². The molecule has 2 rings (SSSR count). The molecule has 1 aliphatic rings. The Morgan fingerprint density at radius 1 is 1.23 bits per heavy atom. The Kier molecular flexibility index (Phi) is 11.1. The summed E-state index contributed by atoms with van der Waals surface area (Å²) >= 11 is 0. The number of aryl methyl sites for hydroxylation is 2. The second kappa shape index (κ2) is 12.5. The second-order valence-corrected chi connectivity index (χ2v) is 6.56. The molecule has 1 fully saturated rings. The topological polar surface area (TPSA) is 74.9 Å². The zero-order valence-corrected chi connectivity index (χ0v) is 18.8. The minimum Gasteiger partial charge on any atom is -0.379 e. The maximum atomic E-state index is 5.42. The number of aromatic nitrogens is 1. The molecule has 8 heteroatoms. The van der Waals surface area contributed by atoms with Gasteiger partial charge in [0.2, 0.25) is 0 Å². The number of aliphatic imine (C=N–C) groups is 1. The summed E-state index contributed by atoms with van der Waals surface area (Å²) in [6.45, 7) is 12.9. The lowest BCUT2D eigenvalue weighted by molar-refractivity contribution is 0.0320. The van der Waals surface area contributed by atoms with Crippen LogP contribution in [0.5, 0.6) is 0 Å². The first kappa shape index (κ1) is 23.2. The van der Waals surface area contributed by atoms with Crippen molar-refractivity contribution < 1.29 is 9.26 Å². The van der Waals surface area contributed by atoms with Gasteiger partial charge < -0.3 is 19.9 Å². The van der Waals surface area contributed by atoms with Crippen molar-refractivity contribution in [3.63, 3.8) is 0 Å². The molecular weight excluding hydrogens is 445 g/mol. The maximum Gasteiger partial charge on any atom is 0.191 e. The first-order chi connectivity index (χ1) is 12.2. The molecule has 7 nitrogen and oxygen atoms in total. The van der Waals surface area contributed by atoms with Crippen LogP contribution in [-0.2, 0) is 24.1 Å². The van der Waals surface area contributed by atoms with Crippen LogP contribution < -0.4 is 10.6 Å². The van der Waals surface area contributed by atoms with E-state index in [0.29, 0.717) is 12.5 Å². The van der Waals surface area contributed by atoms with Crippen LogP contribution in [0.15, 0.2) is 9.52 Å². The third-order valence-corrected chi connectivity index (χ3v) is 4.55. The van der Waals surface area contributed by atoms with E-state index in [4.69, 9.17) is 9.26 Å². The van der Waals surface area contributed by atoms with Gasteiger partial charge >= 0.3 is 0 Å². The van der Waals surface area contributed by atoms with Crippen LogP contribution in [-0.4, -0.2) is 62.5 Å². The van der Waals surface area contributed by atoms with E-state index in [1.807, 2.05) is 0 Å². The van der Waals surface area contributed by atoms with E-state index in [0.717, 1.165) is 75.2 Å². The number of hydrogen-bond donors (Lipinski definition) is 2. The van der Waals surface area contributed by atoms with Crippen LogP contribution in [0.3, 0.4) is 0 Å². The predicted molar refractivity (Wildman–Crippen MR) is 115 cm³/mol. The summed E-state index contributed by atoms with van der Waals surface area (Å²) in [5.74, 6) is 2.32. The molecule has 26 heavy (non-hydrogen) atoms. The van der Waals surface area contributed by atoms with Gasteiger partial charge in [0, 0.05) is 51.8 Å². The molecule has 1 aromatic heterocycles. The van der Waals surface area contributed by atoms with Gasteiger partial charge in [0.15, 0.2) is 5.96 Å². The molecule has 1 aliphatic heterocycles. The summed E-state index contributed by atoms with van der Waals surface area (Å²) in [5.41, 5.74) is 2.19. The summed E-state index contributed by atoms with van der Waals surface area (Å²) in [5, 5.41) is 11.0. The number of halogens is 1. The summed E-state index contributed by atoms with van der Waals surface area (Å²) < 4.78 is 10.8. The second-order valence-electron chi connectivity index (χ2n) is 6.56. The molecule has 0 aromatic carbocycles. The van der Waals surface area contributed by atoms with E-state index < -0.39 is 0 Å². The highest BCUT2D eigenvalue weighted by atomic mass is 127. The van der Waals surface area contributed by atoms with Gasteiger partial charge in [0.25, 0.3) is 0 Å². The highest BCUT2D eigenvalue weighted by Crippen LogP contribution is 2.15. The predicted octanol–water partition coefficient (Wildman–Crippen LogP) is 2.05. The average molecular weight is 479 g/mol. The van der Waals surface area contributed by atoms with Gasteiger partial charge in [-0.15, -0.1) is 24.0 Å². The molecule has 1 unspecified atom stereocenters. The van der Waals surface area contributed by atoms with Crippen LogP contribution in [0.1, 0.15) is 37.8 Å². The lowest BCUT2D eigenvalue weighted by Crippen LogP contribution is -2.43. The van der Waals surface area contributed by atoms with Crippen molar-refractivity contribution in [3.05, 3.63) is 17.0 Å². The maximum absolute atomic E-state index is 5.42. The van der Waals surface area contributed by atoms with Gasteiger partial charge in [0.1, 0.15) is 5.76 Å². The van der Waals surface area contributed by atoms with Gasteiger partial charge in [-0.25, -0.2) is 0 Å². The first-order valence-corrected chi connectivity index (χ1v) is 9.38. The third-order valence-electron chi connectivity index (χ3n) is 4.55. The highest BCUT2D eigenvalue weighted by molar-refractivity contribution is 14.0. The van der Waals surface area contributed by atoms with Gasteiger partial charge in [-0.1, -0.05) is 25.9 Å². The van der Waals surface area contributed by atoms with Crippen molar-refractivity contribution in [1.82, 2.24) is 20.7 Å². The normalized spacial score (nSPS) is 16.8. The van der Waals surface area contributed by atoms with Crippen molar-refractivity contribution in [2.24, 2.45) is 10.9 Å². The van der Waals surface area contributed by atoms with E-state index in [2.05, 4.69) is 46.5 Å². The molecule has 150 valence electrons. The summed E-state index contributed by atoms with van der Waals surface area (Å²) in [6.07, 6.45) is 1.73. The minimum absolute atomic E-state index is 0. The molecule has 0 amide bonds. The first-order valence-electron chi connectivity index (χ1n) is 9.38. The number of nitrogens with one attached hydrogen (secondary N) is 2. The van der Waals surface area contributed by atoms with Gasteiger partial charge in [0.05, 0.1) is 18.9 Å². The smallest absolute Gasteiger partial charge is 0.191 e. The monoisotopic (exact) mass is 479 g/mol. The molecule has 1 saturated heterocycles. The summed E-state index contributed by atoms with van der Waals surface area (Å²) in [7, 11) is 1.80. The Morgan fingerprint density at radius 2 is 1.96 bits per heavy atom. The largest absolute Gasteiger partial charge is 0.379 e. The number of guanidine groups is 1. The molecule has 0 bridgehead atoms. The average Bonchev–Trinajstić information content (AvgIpc) is 3.04. The van der Waals surface area contributed by atoms with Gasteiger partial charge in [-0.3, -0.25) is 9.89 Å². The Bertz CT molecular complexity index is 522. The molecule has 1 atom stereocenters. The quantitative estimate of drug-likeness (QED) is 0.338. The fourth-order valence-electron chi connectivity index (χ4n) is 3.09. The minimum atomic E-state index is 0. The van der Waals surface area contributed by atoms with E-state index in [9.17, 15) is 0 Å². The summed E-state index contributed by atoms with van der Waals surface area (Å²) in [6, 6.07) is 0. The zero-order valence-electron chi connectivity index (χ0n) is 16.5. The zero-order chi connectivity index (χ0) is 18.1. The standard InChI is InChI=1S/C18H33N5O2.HI/c1-5-16-15(17(6-2)25-22-16)12-21-18(19-4)20-11-14(3)13-23-7-9-24-10-8-23;/h14H,5-13H2,1-4H3,(H2,19,20,21);1H. The Morgan fingerprint density at radius 3 is 2.58 bits per heavy atom. The molecule has 1 aromatic rings. The Hall–Kier alpha value is -0.870. The molecule has 0 aliphatic carbocycles. The molecule has 0 radical (unpaired) electrons. The van der Waals surface area contributed by atoms with Crippen LogP contribution in [0.2, 0.25) is 0 Å². The van der Waals surface area contributed by atoms with Crippen molar-refractivity contribution in [2.75, 3.05) is 46.4 Å². The van der Waals surface area contributed by atoms with Crippen LogP contribution >= 0.6 is 24.0 Å². The van der Waals surface area contributed by atoms with E-state index in [-0.39, 0.29) is 24.0 Å². The van der Waals surface area contributed by atoms with E-state index in [1.54, 1.807) is 7.05 Å². The Labute approximate surface area is 174 Å². The Balaban J connectivity index is 0.00000338. The SMILES string of the molecule is CCc1noc(CC)c1CNC(=NC)NCC(C)CN1CCOCC1.I. The lowest BCUT2D eigenvalue weighted by Gasteiger charge is -2.29. The van der Waals surface area contributed by atoms with E-state index in [1.165, 1.54) is 0 Å². The van der Waals surface area contributed by atoms with Crippen LogP contribution in [0.4, 0.5) is 0 Å². The molecule has 2 N–H and O–H groups in total. The van der Waals surface area contributed by atoms with Crippen LogP contribution in [0.25, 0.3) is 0 Å². The van der Waals surface area contributed by atoms with Gasteiger partial charge in [-0.05, 0) is 12.3 Å². The van der Waals surface area contributed by atoms with Crippen molar-refractivity contribution >= 4 is 29.9 Å². The third kappa shape index (κ3) is 7.03. The fraction of sp³-hybridized carbons (Fsp3) is 0.778. The number of rotatable bonds is 8. The van der Waals surface area contributed by atoms with Crippen molar-refractivity contribution in [2.45, 2.75) is 40.2 Å². The highest BCUT2D eigenvalue weighted by Gasteiger charge is 2.15. The van der Waals surface area contributed by atoms with Crippen LogP contribution in [0, 0.1) is 5.92 Å². The summed E-state index contributed by atoms with van der Waals surface area (Å²) in [4.78, 5) is 6.79. The van der Waals surface area contributed by atoms with E-state index >= 15 is 0 Å². The number of nitrogens with zero attached hydrogens (tertiary/aromatic N) is 3. The molecule has 0 saturated carbocycles. The molecule has 2 heterocycles. The lowest BCUT2D eigenvalue weighted by atomic mass is 10.1. The molecular formula is C18H34IN5O2. The number of hydrogen-bond acceptors (Lipinski definition) is 5. The number of morpholine rings is 1. The van der Waals surface area contributed by atoms with Gasteiger partial charge in [-0.2, -0.15) is 0 Å². The fourth-order valence-corrected chi connectivity index (χ4v) is 3.09. The molecule has 0 spiro atoms. The number of ether oxygens (including phenoxy) is 1.